The van der Waals surface area contributed by atoms with Crippen LogP contribution in [0, 0.1) is 10.1 Å². The fourth-order valence-electron chi connectivity index (χ4n) is 3.07. The van der Waals surface area contributed by atoms with Gasteiger partial charge in [-0.2, -0.15) is 5.10 Å². The van der Waals surface area contributed by atoms with Crippen molar-refractivity contribution in [1.29, 1.82) is 0 Å². The summed E-state index contributed by atoms with van der Waals surface area (Å²) in [6, 6.07) is 26.0. The first-order valence-electron chi connectivity index (χ1n) is 9.73. The number of para-hydroxylation sites is 1. The zero-order valence-corrected chi connectivity index (χ0v) is 18.7. The average molecular weight is 488 g/mol. The molecule has 0 fully saturated rings. The molecule has 8 heteroatoms. The molecule has 0 spiro atoms. The molecule has 158 valence electrons. The van der Waals surface area contributed by atoms with Crippen molar-refractivity contribution >= 4 is 33.8 Å². The molecular formula is C24H18BrN5O2. The van der Waals surface area contributed by atoms with E-state index in [2.05, 4.69) is 31.0 Å². The molecule has 7 nitrogen and oxygen atoms in total. The molecule has 0 saturated carbocycles. The molecule has 4 aromatic rings. The number of hydrazone groups is 1. The van der Waals surface area contributed by atoms with Gasteiger partial charge in [-0.05, 0) is 24.3 Å². The highest BCUT2D eigenvalue weighted by Crippen LogP contribution is 2.27. The Morgan fingerprint density at radius 2 is 1.50 bits per heavy atom. The van der Waals surface area contributed by atoms with Crippen LogP contribution in [-0.2, 0) is 0 Å². The monoisotopic (exact) mass is 487 g/mol. The Labute approximate surface area is 193 Å². The molecular weight excluding hydrogens is 470 g/mol. The number of nitro benzene ring substituents is 1. The minimum atomic E-state index is -0.431. The van der Waals surface area contributed by atoms with Gasteiger partial charge in [-0.3, -0.25) is 10.1 Å². The Morgan fingerprint density at radius 3 is 2.16 bits per heavy atom. The van der Waals surface area contributed by atoms with E-state index in [0.29, 0.717) is 11.5 Å². The van der Waals surface area contributed by atoms with Gasteiger partial charge in [0.2, 0.25) is 5.95 Å². The van der Waals surface area contributed by atoms with Gasteiger partial charge in [-0.1, -0.05) is 70.5 Å². The van der Waals surface area contributed by atoms with Gasteiger partial charge in [0.1, 0.15) is 0 Å². The number of benzene rings is 3. The van der Waals surface area contributed by atoms with Gasteiger partial charge in [0.25, 0.3) is 5.69 Å². The van der Waals surface area contributed by atoms with Crippen LogP contribution in [0.5, 0.6) is 0 Å². The minimum absolute atomic E-state index is 0.0147. The highest BCUT2D eigenvalue weighted by Gasteiger charge is 2.13. The van der Waals surface area contributed by atoms with E-state index < -0.39 is 4.92 Å². The largest absolute Gasteiger partial charge is 0.278 e. The van der Waals surface area contributed by atoms with Crippen LogP contribution in [0.2, 0.25) is 0 Å². The molecule has 4 rings (SSSR count). The number of hydrogen-bond acceptors (Lipinski definition) is 6. The highest BCUT2D eigenvalue weighted by atomic mass is 79.9. The molecule has 0 saturated heterocycles. The molecule has 32 heavy (non-hydrogen) atoms. The Morgan fingerprint density at radius 1 is 0.906 bits per heavy atom. The molecule has 0 bridgehead atoms. The lowest BCUT2D eigenvalue weighted by Gasteiger charge is -2.14. The number of anilines is 1. The van der Waals surface area contributed by atoms with Gasteiger partial charge in [0, 0.05) is 28.7 Å². The Kier molecular flexibility index (Phi) is 6.32. The van der Waals surface area contributed by atoms with Crippen molar-refractivity contribution in [3.8, 4) is 22.5 Å². The van der Waals surface area contributed by atoms with Crippen LogP contribution >= 0.6 is 15.9 Å². The SMILES string of the molecule is CN(/N=C/c1ccccc1[N+](=O)[O-])c1nc(-c2ccccc2)cc(-c2ccc(Br)cc2)n1. The van der Waals surface area contributed by atoms with E-state index in [1.807, 2.05) is 60.7 Å². The van der Waals surface area contributed by atoms with E-state index in [9.17, 15) is 10.1 Å². The third-order valence-electron chi connectivity index (χ3n) is 4.72. The van der Waals surface area contributed by atoms with Crippen molar-refractivity contribution in [1.82, 2.24) is 9.97 Å². The number of halogens is 1. The zero-order chi connectivity index (χ0) is 22.5. The molecule has 1 heterocycles. The van der Waals surface area contributed by atoms with Gasteiger partial charge >= 0.3 is 0 Å². The average Bonchev–Trinajstić information content (AvgIpc) is 2.83. The quantitative estimate of drug-likeness (QED) is 0.190. The maximum atomic E-state index is 11.3. The molecule has 0 N–H and O–H groups in total. The molecule has 0 aliphatic heterocycles. The summed E-state index contributed by atoms with van der Waals surface area (Å²) in [5, 5.41) is 17.1. The van der Waals surface area contributed by atoms with Crippen LogP contribution in [0.3, 0.4) is 0 Å². The van der Waals surface area contributed by atoms with Crippen molar-refractivity contribution in [3.05, 3.63) is 105 Å². The standard InChI is InChI=1S/C24H18BrN5O2/c1-29(26-16-19-9-5-6-10-23(19)30(31)32)24-27-21(17-7-3-2-4-8-17)15-22(28-24)18-11-13-20(25)14-12-18/h2-16H,1H3/b26-16+. The lowest BCUT2D eigenvalue weighted by Crippen LogP contribution is -2.14. The summed E-state index contributed by atoms with van der Waals surface area (Å²) in [7, 11) is 1.71. The molecule has 0 atom stereocenters. The van der Waals surface area contributed by atoms with Crippen LogP contribution in [0.15, 0.2) is 94.5 Å². The Bertz CT molecular complexity index is 1280. The second-order valence-electron chi connectivity index (χ2n) is 6.90. The van der Waals surface area contributed by atoms with Gasteiger partial charge in [0.05, 0.1) is 28.1 Å². The van der Waals surface area contributed by atoms with Crippen LogP contribution in [0.4, 0.5) is 11.6 Å². The van der Waals surface area contributed by atoms with E-state index in [4.69, 9.17) is 0 Å². The summed E-state index contributed by atoms with van der Waals surface area (Å²) in [6.45, 7) is 0. The van der Waals surface area contributed by atoms with Crippen LogP contribution < -0.4 is 5.01 Å². The summed E-state index contributed by atoms with van der Waals surface area (Å²) in [5.41, 5.74) is 3.77. The third kappa shape index (κ3) is 4.87. The predicted molar refractivity (Wildman–Crippen MR) is 130 cm³/mol. The first-order chi connectivity index (χ1) is 15.5. The number of aromatic nitrogens is 2. The number of rotatable bonds is 6. The molecule has 0 amide bonds. The van der Waals surface area contributed by atoms with Crippen molar-refractivity contribution in [3.63, 3.8) is 0 Å². The summed E-state index contributed by atoms with van der Waals surface area (Å²) < 4.78 is 0.977. The molecule has 0 aliphatic rings. The first-order valence-corrected chi connectivity index (χ1v) is 10.5. The highest BCUT2D eigenvalue weighted by molar-refractivity contribution is 9.10. The normalized spacial score (nSPS) is 10.9. The fourth-order valence-corrected chi connectivity index (χ4v) is 3.33. The van der Waals surface area contributed by atoms with E-state index in [0.717, 1.165) is 27.0 Å². The fraction of sp³-hybridized carbons (Fsp3) is 0.0417. The third-order valence-corrected chi connectivity index (χ3v) is 5.25. The Balaban J connectivity index is 1.75. The topological polar surface area (TPSA) is 84.5 Å². The van der Waals surface area contributed by atoms with Crippen molar-refractivity contribution in [2.75, 3.05) is 12.1 Å². The number of nitro groups is 1. The van der Waals surface area contributed by atoms with Gasteiger partial charge in [-0.25, -0.2) is 15.0 Å². The van der Waals surface area contributed by atoms with Crippen molar-refractivity contribution < 1.29 is 4.92 Å². The van der Waals surface area contributed by atoms with Crippen molar-refractivity contribution in [2.24, 2.45) is 5.10 Å². The zero-order valence-electron chi connectivity index (χ0n) is 17.1. The van der Waals surface area contributed by atoms with E-state index in [1.165, 1.54) is 17.3 Å². The van der Waals surface area contributed by atoms with E-state index >= 15 is 0 Å². The van der Waals surface area contributed by atoms with Gasteiger partial charge in [0.15, 0.2) is 0 Å². The second kappa shape index (κ2) is 9.49. The lowest BCUT2D eigenvalue weighted by atomic mass is 10.1. The second-order valence-corrected chi connectivity index (χ2v) is 7.81. The van der Waals surface area contributed by atoms with Crippen LogP contribution in [0.25, 0.3) is 22.5 Å². The minimum Gasteiger partial charge on any atom is -0.258 e. The molecule has 0 radical (unpaired) electrons. The smallest absolute Gasteiger partial charge is 0.258 e. The van der Waals surface area contributed by atoms with Crippen LogP contribution in [0.1, 0.15) is 5.56 Å². The maximum absolute atomic E-state index is 11.3. The summed E-state index contributed by atoms with van der Waals surface area (Å²) in [4.78, 5) is 20.2. The van der Waals surface area contributed by atoms with Crippen LogP contribution in [-0.4, -0.2) is 28.2 Å². The molecule has 3 aromatic carbocycles. The first kappa shape index (κ1) is 21.3. The Hall–Kier alpha value is -3.91. The maximum Gasteiger partial charge on any atom is 0.278 e. The van der Waals surface area contributed by atoms with E-state index in [-0.39, 0.29) is 5.69 Å². The van der Waals surface area contributed by atoms with Crippen molar-refractivity contribution in [2.45, 2.75) is 0 Å². The summed E-state index contributed by atoms with van der Waals surface area (Å²) in [5.74, 6) is 0.374. The summed E-state index contributed by atoms with van der Waals surface area (Å²) >= 11 is 3.46. The number of nitrogens with zero attached hydrogens (tertiary/aromatic N) is 5. The lowest BCUT2D eigenvalue weighted by molar-refractivity contribution is -0.385. The molecule has 0 aliphatic carbocycles. The molecule has 0 unspecified atom stereocenters. The number of hydrogen-bond donors (Lipinski definition) is 0. The summed E-state index contributed by atoms with van der Waals surface area (Å²) in [6.07, 6.45) is 1.44. The van der Waals surface area contributed by atoms with Gasteiger partial charge < -0.3 is 0 Å². The van der Waals surface area contributed by atoms with Gasteiger partial charge in [-0.15, -0.1) is 0 Å². The van der Waals surface area contributed by atoms with E-state index in [1.54, 1.807) is 25.2 Å². The predicted octanol–water partition coefficient (Wildman–Crippen LogP) is 5.95. The molecule has 1 aromatic heterocycles.